The molecule has 2 aromatic carbocycles. The molecule has 252 valence electrons. The summed E-state index contributed by atoms with van der Waals surface area (Å²) in [6, 6.07) is 1.000. The maximum atomic E-state index is 13.8. The Bertz CT molecular complexity index is 1590. The predicted octanol–water partition coefficient (Wildman–Crippen LogP) is 4.18. The number of rotatable bonds is 0. The van der Waals surface area contributed by atoms with E-state index in [0.717, 1.165) is 6.07 Å². The third kappa shape index (κ3) is 6.92. The van der Waals surface area contributed by atoms with Crippen LogP contribution in [0.1, 0.15) is 64.4 Å². The van der Waals surface area contributed by atoms with Crippen LogP contribution in [0.5, 0.6) is 23.0 Å². The Morgan fingerprint density at radius 3 is 1.74 bits per heavy atom. The molecule has 0 saturated carbocycles. The molecule has 1 amide bonds. The average molecular weight is 642 g/mol. The highest BCUT2D eigenvalue weighted by atomic mass is 16.3. The smallest absolute Gasteiger partial charge is 0.251 e. The van der Waals surface area contributed by atoms with Crippen molar-refractivity contribution < 1.29 is 50.4 Å². The fraction of sp³-hybridized carbons (Fsp3) is 0.486. The van der Waals surface area contributed by atoms with Crippen molar-refractivity contribution in [1.82, 2.24) is 0 Å². The second-order valence-corrected chi connectivity index (χ2v) is 12.9. The molecule has 46 heavy (non-hydrogen) atoms. The van der Waals surface area contributed by atoms with Crippen LogP contribution in [-0.4, -0.2) is 77.0 Å². The van der Waals surface area contributed by atoms with E-state index in [1.54, 1.807) is 46.8 Å². The Balaban J connectivity index is 2.26. The van der Waals surface area contributed by atoms with Gasteiger partial charge in [0.05, 0.1) is 41.1 Å². The quantitative estimate of drug-likeness (QED) is 0.148. The van der Waals surface area contributed by atoms with Gasteiger partial charge in [0.2, 0.25) is 0 Å². The van der Waals surface area contributed by atoms with Crippen LogP contribution in [-0.2, 0) is 4.79 Å². The average Bonchev–Trinajstić information content (AvgIpc) is 3.02. The van der Waals surface area contributed by atoms with Crippen molar-refractivity contribution in [2.75, 3.05) is 5.32 Å². The van der Waals surface area contributed by atoms with Crippen molar-refractivity contribution in [2.45, 2.75) is 79.8 Å². The number of aliphatic hydroxyl groups excluding tert-OH is 4. The Morgan fingerprint density at radius 2 is 1.17 bits per heavy atom. The van der Waals surface area contributed by atoms with Crippen LogP contribution in [0.3, 0.4) is 0 Å². The predicted molar refractivity (Wildman–Crippen MR) is 175 cm³/mol. The first-order chi connectivity index (χ1) is 21.3. The Kier molecular flexibility index (Phi) is 11.3. The number of anilines is 1. The summed E-state index contributed by atoms with van der Waals surface area (Å²) < 4.78 is 0. The summed E-state index contributed by atoms with van der Waals surface area (Å²) >= 11 is 0. The fourth-order valence-electron chi connectivity index (χ4n) is 6.14. The van der Waals surface area contributed by atoms with Crippen LogP contribution in [0.4, 0.5) is 5.69 Å². The number of Topliss-reactive ketones (excluding diaryl/α,β-unsaturated/α-hetero) is 1. The number of aliphatic hydroxyl groups is 4. The second-order valence-electron chi connectivity index (χ2n) is 12.9. The maximum absolute atomic E-state index is 13.8. The number of phenols is 4. The lowest BCUT2D eigenvalue weighted by molar-refractivity contribution is -0.112. The van der Waals surface area contributed by atoms with Crippen molar-refractivity contribution in [1.29, 1.82) is 0 Å². The summed E-state index contributed by atoms with van der Waals surface area (Å²) in [5.41, 5.74) is -0.587. The van der Waals surface area contributed by atoms with E-state index in [2.05, 4.69) is 5.32 Å². The van der Waals surface area contributed by atoms with E-state index >= 15 is 0 Å². The summed E-state index contributed by atoms with van der Waals surface area (Å²) in [6.45, 7) is 12.5. The molecule has 0 spiro atoms. The lowest BCUT2D eigenvalue weighted by atomic mass is 9.77. The minimum absolute atomic E-state index is 0.0525. The molecular weight excluding hydrogens is 594 g/mol. The molecule has 2 heterocycles. The summed E-state index contributed by atoms with van der Waals surface area (Å²) in [5.74, 6) is -7.30. The highest BCUT2D eigenvalue weighted by molar-refractivity contribution is 6.22. The third-order valence-corrected chi connectivity index (χ3v) is 9.49. The number of hydrogen-bond donors (Lipinski definition) is 9. The molecule has 0 fully saturated rings. The summed E-state index contributed by atoms with van der Waals surface area (Å²) in [4.78, 5) is 26.8. The van der Waals surface area contributed by atoms with Crippen LogP contribution >= 0.6 is 0 Å². The number of carbonyl (C=O) groups excluding carboxylic acids is 2. The number of phenolic OH excluding ortho intramolecular Hbond substituents is 4. The van der Waals surface area contributed by atoms with Gasteiger partial charge in [-0.05, 0) is 26.3 Å². The molecule has 0 saturated heterocycles. The molecule has 4 rings (SSSR count). The number of carbonyl (C=O) groups is 2. The van der Waals surface area contributed by atoms with E-state index in [1.807, 2.05) is 0 Å². The van der Waals surface area contributed by atoms with Gasteiger partial charge in [-0.15, -0.1) is 0 Å². The number of aromatic hydroxyl groups is 4. The number of amides is 1. The van der Waals surface area contributed by atoms with Crippen LogP contribution < -0.4 is 5.32 Å². The molecule has 0 radical (unpaired) electrons. The zero-order valence-electron chi connectivity index (χ0n) is 27.5. The van der Waals surface area contributed by atoms with Crippen molar-refractivity contribution in [3.63, 3.8) is 0 Å². The van der Waals surface area contributed by atoms with Gasteiger partial charge in [0.1, 0.15) is 17.2 Å². The van der Waals surface area contributed by atoms with Gasteiger partial charge in [-0.3, -0.25) is 9.59 Å². The third-order valence-electron chi connectivity index (χ3n) is 9.49. The lowest BCUT2D eigenvalue weighted by Gasteiger charge is -2.36. The summed E-state index contributed by atoms with van der Waals surface area (Å²) in [5, 5.41) is 90.2. The van der Waals surface area contributed by atoms with Crippen molar-refractivity contribution >= 4 is 28.2 Å². The number of fused-ring (bicyclic) bond motifs is 15. The largest absolute Gasteiger partial charge is 0.507 e. The first-order valence-electron chi connectivity index (χ1n) is 15.4. The standard InChI is InChI=1S/C35H47NO10/c1-14-10-9-11-15(2)35(46)36-22-13-23(37)24-25(32(43)21(8)33(44)26(24)34(22)45)29(40)17(4)12-16(3)28(39)19(6)31(42)20(7)30(41)18(5)27(14)38/h9-14,16,18-20,27-28,30-31,37-39,41-45H,1-8H3,(H,36,46)/t14-,16?,18+,19+,20+,27-,28-,30+,31+/m0/s1. The van der Waals surface area contributed by atoms with Crippen LogP contribution in [0.2, 0.25) is 0 Å². The van der Waals surface area contributed by atoms with Gasteiger partial charge >= 0.3 is 0 Å². The topological polar surface area (TPSA) is 208 Å². The minimum Gasteiger partial charge on any atom is -0.507 e. The highest BCUT2D eigenvalue weighted by Crippen LogP contribution is 2.50. The molecular formula is C35H47NO10. The molecule has 1 unspecified atom stereocenters. The first kappa shape index (κ1) is 36.6. The molecule has 9 N–H and O–H groups in total. The molecule has 11 nitrogen and oxygen atoms in total. The SMILES string of the molecule is CC1=CC=C[C@H](C)[C@H](O)[C@@H](C)[C@@H](O)[C@@H](C)[C@H](O)[C@H](C)[C@@H](O)C(C)C=C(C)C(=O)c2c(O)c(C)c(O)c3c(O)c(cc(O)c23)NC1=O. The molecule has 2 aromatic rings. The normalized spacial score (nSPS) is 30.7. The first-order valence-corrected chi connectivity index (χ1v) is 15.4. The van der Waals surface area contributed by atoms with Gasteiger partial charge in [0.25, 0.3) is 5.91 Å². The van der Waals surface area contributed by atoms with Gasteiger partial charge in [-0.25, -0.2) is 0 Å². The van der Waals surface area contributed by atoms with Crippen LogP contribution in [0, 0.1) is 36.5 Å². The maximum Gasteiger partial charge on any atom is 0.251 e. The zero-order valence-corrected chi connectivity index (χ0v) is 27.5. The van der Waals surface area contributed by atoms with E-state index in [0.29, 0.717) is 0 Å². The van der Waals surface area contributed by atoms with E-state index in [4.69, 9.17) is 0 Å². The molecule has 2 aliphatic heterocycles. The second kappa shape index (κ2) is 14.3. The monoisotopic (exact) mass is 641 g/mol. The number of allylic oxidation sites excluding steroid dienone is 3. The highest BCUT2D eigenvalue weighted by Gasteiger charge is 2.37. The number of ketones is 1. The summed E-state index contributed by atoms with van der Waals surface area (Å²) in [7, 11) is 0. The van der Waals surface area contributed by atoms with Crippen molar-refractivity contribution in [3.8, 4) is 23.0 Å². The number of benzene rings is 2. The molecule has 4 bridgehead atoms. The lowest BCUT2D eigenvalue weighted by Crippen LogP contribution is -2.45. The van der Waals surface area contributed by atoms with Crippen molar-refractivity contribution in [2.24, 2.45) is 29.6 Å². The zero-order chi connectivity index (χ0) is 34.9. The Morgan fingerprint density at radius 1 is 0.652 bits per heavy atom. The molecule has 9 atom stereocenters. The van der Waals surface area contributed by atoms with E-state index in [1.165, 1.54) is 32.9 Å². The van der Waals surface area contributed by atoms with Gasteiger partial charge < -0.3 is 46.2 Å². The van der Waals surface area contributed by atoms with Crippen LogP contribution in [0.25, 0.3) is 10.8 Å². The molecule has 0 aliphatic carbocycles. The molecule has 11 heteroatoms. The van der Waals surface area contributed by atoms with Crippen molar-refractivity contribution in [3.05, 3.63) is 52.6 Å². The van der Waals surface area contributed by atoms with Gasteiger partial charge in [-0.1, -0.05) is 58.9 Å². The number of nitrogens with one attached hydrogen (secondary N) is 1. The van der Waals surface area contributed by atoms with E-state index < -0.39 is 94.3 Å². The molecule has 2 aliphatic rings. The van der Waals surface area contributed by atoms with Gasteiger partial charge in [0, 0.05) is 52.2 Å². The Labute approximate surface area is 268 Å². The fourth-order valence-corrected chi connectivity index (χ4v) is 6.14. The van der Waals surface area contributed by atoms with E-state index in [9.17, 15) is 50.4 Å². The molecule has 0 aromatic heterocycles. The van der Waals surface area contributed by atoms with Gasteiger partial charge in [0.15, 0.2) is 11.5 Å². The number of hydrogen-bond acceptors (Lipinski definition) is 10. The van der Waals surface area contributed by atoms with Crippen LogP contribution in [0.15, 0.2) is 41.5 Å². The Hall–Kier alpha value is -3.90. The summed E-state index contributed by atoms with van der Waals surface area (Å²) in [6.07, 6.45) is 1.59. The van der Waals surface area contributed by atoms with E-state index in [-0.39, 0.29) is 33.2 Å². The minimum atomic E-state index is -1.19. The van der Waals surface area contributed by atoms with Gasteiger partial charge in [-0.2, -0.15) is 0 Å².